The Bertz CT molecular complexity index is 485. The molecule has 0 spiro atoms. The van der Waals surface area contributed by atoms with Crippen LogP contribution in [0.2, 0.25) is 0 Å². The summed E-state index contributed by atoms with van der Waals surface area (Å²) in [4.78, 5) is 1.03. The SMILES string of the molecule is Nc1ccccc1SCc1cccc(F)c1. The summed E-state index contributed by atoms with van der Waals surface area (Å²) in [5, 5.41) is 0. The third-order valence-corrected chi connectivity index (χ3v) is 3.36. The molecule has 2 N–H and O–H groups in total. The Balaban J connectivity index is 2.05. The van der Waals surface area contributed by atoms with Gasteiger partial charge in [0.25, 0.3) is 0 Å². The van der Waals surface area contributed by atoms with Gasteiger partial charge in [-0.1, -0.05) is 24.3 Å². The molecule has 82 valence electrons. The minimum atomic E-state index is -0.195. The monoisotopic (exact) mass is 233 g/mol. The molecule has 0 saturated heterocycles. The summed E-state index contributed by atoms with van der Waals surface area (Å²) < 4.78 is 12.9. The predicted octanol–water partition coefficient (Wildman–Crippen LogP) is 3.70. The number of para-hydroxylation sites is 1. The van der Waals surface area contributed by atoms with Crippen molar-refractivity contribution in [3.63, 3.8) is 0 Å². The average Bonchev–Trinajstić information content (AvgIpc) is 2.28. The van der Waals surface area contributed by atoms with Crippen LogP contribution < -0.4 is 5.73 Å². The van der Waals surface area contributed by atoms with Gasteiger partial charge in [-0.25, -0.2) is 4.39 Å². The molecule has 0 bridgehead atoms. The quantitative estimate of drug-likeness (QED) is 0.646. The second-order valence-corrected chi connectivity index (χ2v) is 4.47. The van der Waals surface area contributed by atoms with E-state index < -0.39 is 0 Å². The fourth-order valence-electron chi connectivity index (χ4n) is 1.40. The molecule has 1 nitrogen and oxygen atoms in total. The topological polar surface area (TPSA) is 26.0 Å². The first-order valence-electron chi connectivity index (χ1n) is 4.97. The van der Waals surface area contributed by atoms with Gasteiger partial charge in [0.1, 0.15) is 5.82 Å². The molecule has 16 heavy (non-hydrogen) atoms. The number of nitrogen functional groups attached to an aromatic ring is 1. The van der Waals surface area contributed by atoms with Crippen molar-refractivity contribution in [1.82, 2.24) is 0 Å². The van der Waals surface area contributed by atoms with Gasteiger partial charge in [-0.3, -0.25) is 0 Å². The lowest BCUT2D eigenvalue weighted by atomic mass is 10.2. The van der Waals surface area contributed by atoms with Crippen LogP contribution in [0.15, 0.2) is 53.4 Å². The normalized spacial score (nSPS) is 10.3. The van der Waals surface area contributed by atoms with Gasteiger partial charge in [0.05, 0.1) is 0 Å². The summed E-state index contributed by atoms with van der Waals surface area (Å²) in [7, 11) is 0. The molecular formula is C13H12FNS. The smallest absolute Gasteiger partial charge is 0.123 e. The van der Waals surface area contributed by atoms with Crippen LogP contribution in [0.1, 0.15) is 5.56 Å². The summed E-state index contributed by atoms with van der Waals surface area (Å²) in [6, 6.07) is 14.3. The molecule has 0 heterocycles. The molecule has 0 amide bonds. The van der Waals surface area contributed by atoms with Crippen LogP contribution in [0.25, 0.3) is 0 Å². The Hall–Kier alpha value is -1.48. The molecule has 0 atom stereocenters. The Morgan fingerprint density at radius 1 is 1.06 bits per heavy atom. The van der Waals surface area contributed by atoms with Crippen LogP contribution in [-0.2, 0) is 5.75 Å². The number of halogens is 1. The van der Waals surface area contributed by atoms with Gasteiger partial charge < -0.3 is 5.73 Å². The number of hydrogen-bond donors (Lipinski definition) is 1. The van der Waals surface area contributed by atoms with Crippen molar-refractivity contribution >= 4 is 17.4 Å². The summed E-state index contributed by atoms with van der Waals surface area (Å²) in [6.07, 6.45) is 0. The lowest BCUT2D eigenvalue weighted by Crippen LogP contribution is -1.88. The molecule has 3 heteroatoms. The van der Waals surface area contributed by atoms with E-state index in [0.717, 1.165) is 21.9 Å². The zero-order valence-corrected chi connectivity index (χ0v) is 9.51. The number of benzene rings is 2. The second kappa shape index (κ2) is 5.03. The van der Waals surface area contributed by atoms with Gasteiger partial charge in [0.2, 0.25) is 0 Å². The highest BCUT2D eigenvalue weighted by Crippen LogP contribution is 2.27. The van der Waals surface area contributed by atoms with Gasteiger partial charge >= 0.3 is 0 Å². The summed E-state index contributed by atoms with van der Waals surface area (Å²) >= 11 is 1.62. The number of thioether (sulfide) groups is 1. The van der Waals surface area contributed by atoms with Crippen molar-refractivity contribution in [3.05, 3.63) is 59.9 Å². The second-order valence-electron chi connectivity index (χ2n) is 3.46. The van der Waals surface area contributed by atoms with Gasteiger partial charge in [-0.2, -0.15) is 0 Å². The third-order valence-electron chi connectivity index (χ3n) is 2.20. The predicted molar refractivity (Wildman–Crippen MR) is 66.8 cm³/mol. The minimum Gasteiger partial charge on any atom is -0.398 e. The lowest BCUT2D eigenvalue weighted by Gasteiger charge is -2.04. The zero-order valence-electron chi connectivity index (χ0n) is 8.69. The van der Waals surface area contributed by atoms with Crippen LogP contribution in [0, 0.1) is 5.82 Å². The molecule has 0 saturated carbocycles. The highest BCUT2D eigenvalue weighted by Gasteiger charge is 2.00. The third kappa shape index (κ3) is 2.76. The van der Waals surface area contributed by atoms with E-state index in [1.54, 1.807) is 23.9 Å². The summed E-state index contributed by atoms with van der Waals surface area (Å²) in [5.74, 6) is 0.533. The Labute approximate surface area is 98.5 Å². The number of nitrogens with two attached hydrogens (primary N) is 1. The zero-order chi connectivity index (χ0) is 11.4. The van der Waals surface area contributed by atoms with Crippen LogP contribution in [0.3, 0.4) is 0 Å². The van der Waals surface area contributed by atoms with E-state index in [9.17, 15) is 4.39 Å². The maximum atomic E-state index is 12.9. The highest BCUT2D eigenvalue weighted by molar-refractivity contribution is 7.98. The molecule has 0 fully saturated rings. The molecule has 0 aromatic heterocycles. The molecule has 0 radical (unpaired) electrons. The Morgan fingerprint density at radius 2 is 1.88 bits per heavy atom. The van der Waals surface area contributed by atoms with Crippen LogP contribution >= 0.6 is 11.8 Å². The maximum absolute atomic E-state index is 12.9. The fraction of sp³-hybridized carbons (Fsp3) is 0.0769. The molecule has 0 unspecified atom stereocenters. The van der Waals surface area contributed by atoms with Crippen LogP contribution in [0.5, 0.6) is 0 Å². The summed E-state index contributed by atoms with van der Waals surface area (Å²) in [6.45, 7) is 0. The maximum Gasteiger partial charge on any atom is 0.123 e. The van der Waals surface area contributed by atoms with Gasteiger partial charge in [-0.05, 0) is 29.8 Å². The largest absolute Gasteiger partial charge is 0.398 e. The highest BCUT2D eigenvalue weighted by atomic mass is 32.2. The van der Waals surface area contributed by atoms with E-state index in [4.69, 9.17) is 5.73 Å². The molecule has 0 aliphatic carbocycles. The van der Waals surface area contributed by atoms with E-state index in [1.165, 1.54) is 6.07 Å². The van der Waals surface area contributed by atoms with Crippen molar-refractivity contribution in [1.29, 1.82) is 0 Å². The standard InChI is InChI=1S/C13H12FNS/c14-11-5-3-4-10(8-11)9-16-13-7-2-1-6-12(13)15/h1-8H,9,15H2. The first-order valence-corrected chi connectivity index (χ1v) is 5.96. The minimum absolute atomic E-state index is 0.195. The van der Waals surface area contributed by atoms with Crippen molar-refractivity contribution in [2.75, 3.05) is 5.73 Å². The van der Waals surface area contributed by atoms with Crippen molar-refractivity contribution in [2.45, 2.75) is 10.6 Å². The molecule has 2 rings (SSSR count). The summed E-state index contributed by atoms with van der Waals surface area (Å²) in [5.41, 5.74) is 7.55. The van der Waals surface area contributed by atoms with Crippen molar-refractivity contribution < 1.29 is 4.39 Å². The van der Waals surface area contributed by atoms with E-state index >= 15 is 0 Å². The first kappa shape index (κ1) is 11.0. The van der Waals surface area contributed by atoms with Gasteiger partial charge in [-0.15, -0.1) is 11.8 Å². The lowest BCUT2D eigenvalue weighted by molar-refractivity contribution is 0.626. The van der Waals surface area contributed by atoms with E-state index in [0.29, 0.717) is 0 Å². The van der Waals surface area contributed by atoms with E-state index in [1.807, 2.05) is 30.3 Å². The fourth-order valence-corrected chi connectivity index (χ4v) is 2.31. The van der Waals surface area contributed by atoms with Gasteiger partial charge in [0, 0.05) is 16.3 Å². The number of hydrogen-bond acceptors (Lipinski definition) is 2. The number of anilines is 1. The molecular weight excluding hydrogens is 221 g/mol. The first-order chi connectivity index (χ1) is 7.75. The van der Waals surface area contributed by atoms with Crippen LogP contribution in [-0.4, -0.2) is 0 Å². The Kier molecular flexibility index (Phi) is 3.47. The van der Waals surface area contributed by atoms with Crippen molar-refractivity contribution in [3.8, 4) is 0 Å². The average molecular weight is 233 g/mol. The molecule has 0 aliphatic rings. The number of rotatable bonds is 3. The Morgan fingerprint density at radius 3 is 2.62 bits per heavy atom. The molecule has 2 aromatic carbocycles. The van der Waals surface area contributed by atoms with Gasteiger partial charge in [0.15, 0.2) is 0 Å². The van der Waals surface area contributed by atoms with Crippen LogP contribution in [0.4, 0.5) is 10.1 Å². The van der Waals surface area contributed by atoms with E-state index in [-0.39, 0.29) is 5.82 Å². The van der Waals surface area contributed by atoms with Crippen molar-refractivity contribution in [2.24, 2.45) is 0 Å². The van der Waals surface area contributed by atoms with E-state index in [2.05, 4.69) is 0 Å². The molecule has 2 aromatic rings. The molecule has 0 aliphatic heterocycles.